The van der Waals surface area contributed by atoms with Crippen LogP contribution in [0.3, 0.4) is 0 Å². The maximum absolute atomic E-state index is 5.92. The first kappa shape index (κ1) is 10.6. The van der Waals surface area contributed by atoms with Gasteiger partial charge in [0.2, 0.25) is 0 Å². The van der Waals surface area contributed by atoms with Crippen LogP contribution in [-0.4, -0.2) is 24.0 Å². The molecule has 0 N–H and O–H groups in total. The fraction of sp³-hybridized carbons (Fsp3) is 0.571. The minimum Gasteiger partial charge on any atom is -0.300 e. The van der Waals surface area contributed by atoms with Gasteiger partial charge in [-0.3, -0.25) is 4.90 Å². The lowest BCUT2D eigenvalue weighted by Gasteiger charge is -2.34. The van der Waals surface area contributed by atoms with Crippen molar-refractivity contribution in [1.82, 2.24) is 4.90 Å². The minimum atomic E-state index is 0.734. The molecule has 1 atom stereocenters. The molecule has 1 aliphatic carbocycles. The van der Waals surface area contributed by atoms with Gasteiger partial charge in [-0.1, -0.05) is 30.2 Å². The molecule has 1 saturated carbocycles. The van der Waals surface area contributed by atoms with Crippen molar-refractivity contribution in [2.24, 2.45) is 0 Å². The summed E-state index contributed by atoms with van der Waals surface area (Å²) in [6, 6.07) is 9.32. The first-order valence-corrected chi connectivity index (χ1v) is 6.70. The van der Waals surface area contributed by atoms with Gasteiger partial charge in [-0.25, -0.2) is 0 Å². The summed E-state index contributed by atoms with van der Waals surface area (Å²) >= 11 is 5.92. The van der Waals surface area contributed by atoms with Gasteiger partial charge in [0.25, 0.3) is 0 Å². The lowest BCUT2D eigenvalue weighted by molar-refractivity contribution is 0.157. The van der Waals surface area contributed by atoms with Crippen LogP contribution < -0.4 is 0 Å². The van der Waals surface area contributed by atoms with E-state index >= 15 is 0 Å². The number of likely N-dealkylation sites (tertiary alicyclic amines) is 1. The van der Waals surface area contributed by atoms with Crippen molar-refractivity contribution in [3.63, 3.8) is 0 Å². The molecule has 0 bridgehead atoms. The lowest BCUT2D eigenvalue weighted by Crippen LogP contribution is -2.38. The fourth-order valence-electron chi connectivity index (χ4n) is 2.88. The quantitative estimate of drug-likeness (QED) is 0.756. The van der Waals surface area contributed by atoms with Crippen LogP contribution in [0.25, 0.3) is 0 Å². The zero-order valence-corrected chi connectivity index (χ0v) is 10.3. The molecule has 2 fully saturated rings. The normalized spacial score (nSPS) is 26.9. The molecule has 1 aromatic rings. The summed E-state index contributed by atoms with van der Waals surface area (Å²) in [5.41, 5.74) is 1.46. The monoisotopic (exact) mass is 235 g/mol. The molecule has 3 rings (SSSR count). The molecule has 1 aromatic carbocycles. The van der Waals surface area contributed by atoms with Crippen molar-refractivity contribution in [1.29, 1.82) is 0 Å². The average Bonchev–Trinajstić information content (AvgIpc) is 2.65. The van der Waals surface area contributed by atoms with E-state index in [0.29, 0.717) is 0 Å². The summed E-state index contributed by atoms with van der Waals surface area (Å²) < 4.78 is 0. The molecule has 86 valence electrons. The number of nitrogens with zero attached hydrogens (tertiary/aromatic N) is 1. The molecule has 0 aromatic heterocycles. The van der Waals surface area contributed by atoms with Gasteiger partial charge in [0, 0.05) is 17.6 Å². The fourth-order valence-corrected chi connectivity index (χ4v) is 3.00. The first-order chi connectivity index (χ1) is 7.83. The molecular weight excluding hydrogens is 218 g/mol. The lowest BCUT2D eigenvalue weighted by atomic mass is 9.91. The smallest absolute Gasteiger partial charge is 0.0406 e. The predicted octanol–water partition coefficient (Wildman–Crippen LogP) is 3.68. The SMILES string of the molecule is Clc1ccc(C2CCN(C3CCC3)C2)cc1. The zero-order valence-electron chi connectivity index (χ0n) is 9.53. The van der Waals surface area contributed by atoms with Crippen molar-refractivity contribution >= 4 is 11.6 Å². The Kier molecular flexibility index (Phi) is 2.91. The molecule has 1 aliphatic heterocycles. The maximum Gasteiger partial charge on any atom is 0.0406 e. The molecular formula is C14H18ClN. The van der Waals surface area contributed by atoms with E-state index in [2.05, 4.69) is 17.0 Å². The largest absolute Gasteiger partial charge is 0.300 e. The van der Waals surface area contributed by atoms with Gasteiger partial charge in [0.1, 0.15) is 0 Å². The Hall–Kier alpha value is -0.530. The van der Waals surface area contributed by atoms with Gasteiger partial charge in [-0.15, -0.1) is 0 Å². The molecule has 2 heteroatoms. The molecule has 1 nitrogen and oxygen atoms in total. The van der Waals surface area contributed by atoms with Gasteiger partial charge in [0.05, 0.1) is 0 Å². The highest BCUT2D eigenvalue weighted by molar-refractivity contribution is 6.30. The Morgan fingerprint density at radius 2 is 1.81 bits per heavy atom. The second kappa shape index (κ2) is 4.38. The van der Waals surface area contributed by atoms with Gasteiger partial charge in [-0.2, -0.15) is 0 Å². The third-order valence-electron chi connectivity index (χ3n) is 4.15. The highest BCUT2D eigenvalue weighted by Crippen LogP contribution is 2.34. The Balaban J connectivity index is 1.66. The Morgan fingerprint density at radius 1 is 1.06 bits per heavy atom. The van der Waals surface area contributed by atoms with Gasteiger partial charge < -0.3 is 0 Å². The summed E-state index contributed by atoms with van der Waals surface area (Å²) in [7, 11) is 0. The van der Waals surface area contributed by atoms with Crippen molar-refractivity contribution in [2.75, 3.05) is 13.1 Å². The average molecular weight is 236 g/mol. The summed E-state index contributed by atoms with van der Waals surface area (Å²) in [5, 5.41) is 0.845. The van der Waals surface area contributed by atoms with Crippen LogP contribution in [0.5, 0.6) is 0 Å². The van der Waals surface area contributed by atoms with Crippen LogP contribution in [0, 0.1) is 0 Å². The zero-order chi connectivity index (χ0) is 11.0. The Morgan fingerprint density at radius 3 is 2.44 bits per heavy atom. The number of hydrogen-bond acceptors (Lipinski definition) is 1. The topological polar surface area (TPSA) is 3.24 Å². The number of hydrogen-bond donors (Lipinski definition) is 0. The van der Waals surface area contributed by atoms with E-state index in [1.165, 1.54) is 44.3 Å². The number of rotatable bonds is 2. The molecule has 1 saturated heterocycles. The minimum absolute atomic E-state index is 0.734. The van der Waals surface area contributed by atoms with Crippen LogP contribution in [0.15, 0.2) is 24.3 Å². The van der Waals surface area contributed by atoms with Crippen molar-refractivity contribution in [3.8, 4) is 0 Å². The van der Waals surface area contributed by atoms with Gasteiger partial charge in [0.15, 0.2) is 0 Å². The Labute approximate surface area is 102 Å². The molecule has 16 heavy (non-hydrogen) atoms. The Bertz CT molecular complexity index is 356. The molecule has 1 unspecified atom stereocenters. The van der Waals surface area contributed by atoms with Crippen LogP contribution >= 0.6 is 11.6 Å². The second-order valence-electron chi connectivity index (χ2n) is 5.12. The first-order valence-electron chi connectivity index (χ1n) is 6.32. The molecule has 1 heterocycles. The van der Waals surface area contributed by atoms with E-state index in [0.717, 1.165) is 17.0 Å². The maximum atomic E-state index is 5.92. The third kappa shape index (κ3) is 1.99. The van der Waals surface area contributed by atoms with E-state index in [-0.39, 0.29) is 0 Å². The molecule has 0 radical (unpaired) electrons. The summed E-state index contributed by atoms with van der Waals surface area (Å²) in [4.78, 5) is 2.68. The summed E-state index contributed by atoms with van der Waals surface area (Å²) in [6.45, 7) is 2.55. The highest BCUT2D eigenvalue weighted by Gasteiger charge is 2.31. The van der Waals surface area contributed by atoms with Crippen LogP contribution in [0.4, 0.5) is 0 Å². The van der Waals surface area contributed by atoms with Crippen LogP contribution in [0.1, 0.15) is 37.2 Å². The third-order valence-corrected chi connectivity index (χ3v) is 4.40. The van der Waals surface area contributed by atoms with Crippen LogP contribution in [0.2, 0.25) is 5.02 Å². The second-order valence-corrected chi connectivity index (χ2v) is 5.55. The van der Waals surface area contributed by atoms with E-state index < -0.39 is 0 Å². The highest BCUT2D eigenvalue weighted by atomic mass is 35.5. The number of benzene rings is 1. The number of halogens is 1. The molecule has 0 amide bonds. The molecule has 0 spiro atoms. The van der Waals surface area contributed by atoms with Gasteiger partial charge >= 0.3 is 0 Å². The van der Waals surface area contributed by atoms with Crippen molar-refractivity contribution in [2.45, 2.75) is 37.6 Å². The predicted molar refractivity (Wildman–Crippen MR) is 68.0 cm³/mol. The van der Waals surface area contributed by atoms with Crippen LogP contribution in [-0.2, 0) is 0 Å². The van der Waals surface area contributed by atoms with Crippen molar-refractivity contribution in [3.05, 3.63) is 34.9 Å². The van der Waals surface area contributed by atoms with E-state index in [1.54, 1.807) is 0 Å². The van der Waals surface area contributed by atoms with E-state index in [1.807, 2.05) is 12.1 Å². The molecule has 2 aliphatic rings. The summed E-state index contributed by atoms with van der Waals surface area (Å²) in [5.74, 6) is 0.734. The van der Waals surface area contributed by atoms with E-state index in [9.17, 15) is 0 Å². The van der Waals surface area contributed by atoms with E-state index in [4.69, 9.17) is 11.6 Å². The van der Waals surface area contributed by atoms with Crippen molar-refractivity contribution < 1.29 is 0 Å². The summed E-state index contributed by atoms with van der Waals surface area (Å²) in [6.07, 6.45) is 5.60. The van der Waals surface area contributed by atoms with Gasteiger partial charge in [-0.05, 0) is 49.4 Å². The standard InChI is InChI=1S/C14H18ClN/c15-13-6-4-11(5-7-13)12-8-9-16(10-12)14-2-1-3-14/h4-7,12,14H,1-3,8-10H2.